The van der Waals surface area contributed by atoms with Crippen molar-refractivity contribution in [1.82, 2.24) is 0 Å². The standard InChI is InChI=1S/C19H23NO.C14H20N2.C12H16/c1-19(2,3)14-6-10-16(11-7-14)21-15-8-4-13(5-9-15)17-12-18(17)20;15-14-10-13(14)11-4-6-12(7-5-11)16-8-2-1-3-9-16;1-8-4-5-11(6-9(8)2)12-7-10(12)3/h4-11,17-18H,12,20H2,1-3H3;4-7,13-14H,1-3,8-10,15H2;4-6,10,12H,7H2,1-3H3. The Kier molecular flexibility index (Phi) is 10.9. The maximum Gasteiger partial charge on any atom is 0.127 e. The van der Waals surface area contributed by atoms with Gasteiger partial charge < -0.3 is 21.1 Å². The summed E-state index contributed by atoms with van der Waals surface area (Å²) in [6.07, 6.45) is 7.75. The van der Waals surface area contributed by atoms with Crippen LogP contribution in [-0.4, -0.2) is 25.2 Å². The van der Waals surface area contributed by atoms with Gasteiger partial charge in [-0.2, -0.15) is 0 Å². The normalized spacial score (nSPS) is 25.3. The molecular weight excluding hydrogens is 599 g/mol. The number of hydrogen-bond acceptors (Lipinski definition) is 4. The first kappa shape index (κ1) is 35.2. The van der Waals surface area contributed by atoms with Gasteiger partial charge in [-0.3, -0.25) is 0 Å². The third kappa shape index (κ3) is 9.55. The Labute approximate surface area is 296 Å². The second-order valence-corrected chi connectivity index (χ2v) is 16.3. The Bertz CT molecular complexity index is 1650. The van der Waals surface area contributed by atoms with Crippen LogP contribution in [0.5, 0.6) is 11.5 Å². The van der Waals surface area contributed by atoms with E-state index in [1.807, 2.05) is 24.3 Å². The molecule has 260 valence electrons. The Balaban J connectivity index is 0.000000133. The minimum absolute atomic E-state index is 0.170. The highest BCUT2D eigenvalue weighted by Crippen LogP contribution is 2.47. The van der Waals surface area contributed by atoms with Crippen LogP contribution in [0.4, 0.5) is 5.69 Å². The van der Waals surface area contributed by atoms with Crippen LogP contribution >= 0.6 is 0 Å². The lowest BCUT2D eigenvalue weighted by atomic mass is 9.87. The van der Waals surface area contributed by atoms with E-state index in [1.54, 1.807) is 5.56 Å². The van der Waals surface area contributed by atoms with Crippen LogP contribution < -0.4 is 21.1 Å². The summed E-state index contributed by atoms with van der Waals surface area (Å²) < 4.78 is 5.90. The number of anilines is 1. The van der Waals surface area contributed by atoms with Crippen LogP contribution in [-0.2, 0) is 5.41 Å². The minimum atomic E-state index is 0.170. The Morgan fingerprint density at radius 1 is 0.592 bits per heavy atom. The van der Waals surface area contributed by atoms with Crippen molar-refractivity contribution in [3.05, 3.63) is 124 Å². The number of ether oxygens (including phenoxy) is 1. The van der Waals surface area contributed by atoms with Crippen LogP contribution in [0.15, 0.2) is 91.0 Å². The monoisotopic (exact) mass is 657 g/mol. The number of nitrogens with two attached hydrogens (primary N) is 2. The van der Waals surface area contributed by atoms with Gasteiger partial charge in [0.05, 0.1) is 0 Å². The molecule has 4 fully saturated rings. The van der Waals surface area contributed by atoms with E-state index in [0.29, 0.717) is 23.9 Å². The third-order valence-electron chi connectivity index (χ3n) is 11.1. The number of hydrogen-bond donors (Lipinski definition) is 2. The summed E-state index contributed by atoms with van der Waals surface area (Å²) in [6, 6.07) is 33.3. The molecule has 8 rings (SSSR count). The molecule has 0 bridgehead atoms. The molecule has 49 heavy (non-hydrogen) atoms. The van der Waals surface area contributed by atoms with E-state index in [9.17, 15) is 0 Å². The topological polar surface area (TPSA) is 64.5 Å². The molecule has 4 aliphatic rings. The molecule has 1 aliphatic heterocycles. The SMILES string of the molecule is CC(C)(C)c1ccc(Oc2ccc(C3CC3N)cc2)cc1.Cc1ccc(C2CC2C)cc1C.NC1CC1c1ccc(N2CCCCC2)cc1. The van der Waals surface area contributed by atoms with E-state index in [2.05, 4.69) is 113 Å². The molecule has 4 nitrogen and oxygen atoms in total. The van der Waals surface area contributed by atoms with Gasteiger partial charge >= 0.3 is 0 Å². The van der Waals surface area contributed by atoms with Crippen LogP contribution in [0, 0.1) is 19.8 Å². The molecule has 1 heterocycles. The zero-order valence-corrected chi connectivity index (χ0v) is 30.8. The zero-order valence-electron chi connectivity index (χ0n) is 30.8. The highest BCUT2D eigenvalue weighted by atomic mass is 16.5. The minimum Gasteiger partial charge on any atom is -0.457 e. The third-order valence-corrected chi connectivity index (χ3v) is 11.1. The van der Waals surface area contributed by atoms with Gasteiger partial charge in [0.15, 0.2) is 0 Å². The van der Waals surface area contributed by atoms with E-state index in [-0.39, 0.29) is 5.41 Å². The average molecular weight is 658 g/mol. The van der Waals surface area contributed by atoms with Gasteiger partial charge in [0.2, 0.25) is 0 Å². The Morgan fingerprint density at radius 2 is 1.06 bits per heavy atom. The van der Waals surface area contributed by atoms with Gasteiger partial charge in [0.1, 0.15) is 11.5 Å². The molecule has 3 aliphatic carbocycles. The maximum absolute atomic E-state index is 5.90. The largest absolute Gasteiger partial charge is 0.457 e. The fraction of sp³-hybridized carbons (Fsp3) is 0.467. The molecule has 0 amide bonds. The van der Waals surface area contributed by atoms with Gasteiger partial charge in [-0.25, -0.2) is 0 Å². The van der Waals surface area contributed by atoms with Gasteiger partial charge in [-0.1, -0.05) is 82.3 Å². The molecule has 4 aromatic carbocycles. The zero-order chi connectivity index (χ0) is 34.7. The van der Waals surface area contributed by atoms with Crippen LogP contribution in [0.1, 0.15) is 117 Å². The van der Waals surface area contributed by atoms with Crippen molar-refractivity contribution in [1.29, 1.82) is 0 Å². The van der Waals surface area contributed by atoms with Crippen LogP contribution in [0.2, 0.25) is 0 Å². The molecule has 4 heteroatoms. The van der Waals surface area contributed by atoms with Gasteiger partial charge in [0.25, 0.3) is 0 Å². The lowest BCUT2D eigenvalue weighted by Crippen LogP contribution is -2.29. The van der Waals surface area contributed by atoms with Crippen molar-refractivity contribution in [2.24, 2.45) is 17.4 Å². The average Bonchev–Trinajstić information content (AvgIpc) is 4.05. The second kappa shape index (κ2) is 15.1. The second-order valence-electron chi connectivity index (χ2n) is 16.3. The summed E-state index contributed by atoms with van der Waals surface area (Å²) in [5.41, 5.74) is 21.8. The maximum atomic E-state index is 5.90. The lowest BCUT2D eigenvalue weighted by molar-refractivity contribution is 0.481. The molecule has 1 saturated heterocycles. The molecular formula is C45H59N3O. The Morgan fingerprint density at radius 3 is 1.51 bits per heavy atom. The van der Waals surface area contributed by atoms with E-state index in [1.165, 1.54) is 78.7 Å². The van der Waals surface area contributed by atoms with E-state index >= 15 is 0 Å². The summed E-state index contributed by atoms with van der Waals surface area (Å²) in [6.45, 7) is 15.8. The van der Waals surface area contributed by atoms with E-state index in [4.69, 9.17) is 16.2 Å². The van der Waals surface area contributed by atoms with Crippen molar-refractivity contribution in [2.75, 3.05) is 18.0 Å². The Hall–Kier alpha value is -3.60. The molecule has 0 spiro atoms. The molecule has 6 unspecified atom stereocenters. The number of aryl methyl sites for hydroxylation is 2. The predicted octanol–water partition coefficient (Wildman–Crippen LogP) is 10.5. The van der Waals surface area contributed by atoms with Crippen molar-refractivity contribution in [3.63, 3.8) is 0 Å². The summed E-state index contributed by atoms with van der Waals surface area (Å²) >= 11 is 0. The smallest absolute Gasteiger partial charge is 0.127 e. The van der Waals surface area contributed by atoms with Gasteiger partial charge in [0, 0.05) is 42.7 Å². The molecule has 4 N–H and O–H groups in total. The quantitative estimate of drug-likeness (QED) is 0.217. The fourth-order valence-electron chi connectivity index (χ4n) is 7.00. The molecule has 0 radical (unpaired) electrons. The summed E-state index contributed by atoms with van der Waals surface area (Å²) in [5.74, 6) is 4.72. The van der Waals surface area contributed by atoms with Gasteiger partial charge in [-0.15, -0.1) is 0 Å². The van der Waals surface area contributed by atoms with Crippen LogP contribution in [0.25, 0.3) is 0 Å². The number of benzene rings is 4. The highest BCUT2D eigenvalue weighted by Gasteiger charge is 2.35. The van der Waals surface area contributed by atoms with Crippen molar-refractivity contribution in [3.8, 4) is 11.5 Å². The number of rotatable bonds is 6. The first-order valence-corrected chi connectivity index (χ1v) is 18.8. The van der Waals surface area contributed by atoms with Crippen molar-refractivity contribution in [2.45, 2.75) is 115 Å². The fourth-order valence-corrected chi connectivity index (χ4v) is 7.00. The number of piperidine rings is 1. The van der Waals surface area contributed by atoms with Crippen LogP contribution in [0.3, 0.4) is 0 Å². The molecule has 3 saturated carbocycles. The first-order chi connectivity index (χ1) is 23.5. The van der Waals surface area contributed by atoms with Crippen molar-refractivity contribution >= 4 is 5.69 Å². The lowest BCUT2D eigenvalue weighted by Gasteiger charge is -2.28. The first-order valence-electron chi connectivity index (χ1n) is 18.8. The molecule has 6 atom stereocenters. The summed E-state index contributed by atoms with van der Waals surface area (Å²) in [4.78, 5) is 2.50. The van der Waals surface area contributed by atoms with Gasteiger partial charge in [-0.05, 0) is 139 Å². The molecule has 0 aromatic heterocycles. The number of nitrogens with zero attached hydrogens (tertiary/aromatic N) is 1. The predicted molar refractivity (Wildman–Crippen MR) is 207 cm³/mol. The van der Waals surface area contributed by atoms with E-state index in [0.717, 1.165) is 29.8 Å². The van der Waals surface area contributed by atoms with E-state index < -0.39 is 0 Å². The molecule has 4 aromatic rings. The summed E-state index contributed by atoms with van der Waals surface area (Å²) in [5, 5.41) is 0. The highest BCUT2D eigenvalue weighted by molar-refractivity contribution is 5.49. The van der Waals surface area contributed by atoms with Crippen molar-refractivity contribution < 1.29 is 4.74 Å². The summed E-state index contributed by atoms with van der Waals surface area (Å²) in [7, 11) is 0.